The summed E-state index contributed by atoms with van der Waals surface area (Å²) in [6.45, 7) is 2.54. The van der Waals surface area contributed by atoms with Crippen molar-refractivity contribution in [3.8, 4) is 5.75 Å². The lowest BCUT2D eigenvalue weighted by Gasteiger charge is -2.11. The van der Waals surface area contributed by atoms with Gasteiger partial charge in [0.15, 0.2) is 0 Å². The minimum absolute atomic E-state index is 0.0793. The predicted molar refractivity (Wildman–Crippen MR) is 93.2 cm³/mol. The molecule has 1 aliphatic heterocycles. The monoisotopic (exact) mass is 325 g/mol. The topological polar surface area (TPSA) is 38.3 Å². The first-order valence-corrected chi connectivity index (χ1v) is 9.97. The molecule has 1 N–H and O–H groups in total. The minimum Gasteiger partial charge on any atom is -0.492 e. The van der Waals surface area contributed by atoms with E-state index in [1.54, 1.807) is 0 Å². The van der Waals surface area contributed by atoms with Gasteiger partial charge in [0.1, 0.15) is 5.75 Å². The van der Waals surface area contributed by atoms with Crippen LogP contribution in [0.25, 0.3) is 0 Å². The van der Waals surface area contributed by atoms with Crippen LogP contribution in [0, 0.1) is 0 Å². The highest BCUT2D eigenvalue weighted by atomic mass is 33.1. The van der Waals surface area contributed by atoms with Crippen LogP contribution in [0.1, 0.15) is 39.0 Å². The van der Waals surface area contributed by atoms with Gasteiger partial charge in [-0.05, 0) is 38.3 Å². The van der Waals surface area contributed by atoms with Crippen molar-refractivity contribution in [2.45, 2.75) is 44.3 Å². The van der Waals surface area contributed by atoms with Crippen molar-refractivity contribution in [1.82, 2.24) is 0 Å². The first-order valence-electron chi connectivity index (χ1n) is 7.59. The van der Waals surface area contributed by atoms with Gasteiger partial charge in [0.2, 0.25) is 5.91 Å². The van der Waals surface area contributed by atoms with E-state index in [0.717, 1.165) is 29.5 Å². The first kappa shape index (κ1) is 16.6. The minimum atomic E-state index is 0.0793. The van der Waals surface area contributed by atoms with Gasteiger partial charge >= 0.3 is 0 Å². The van der Waals surface area contributed by atoms with Crippen LogP contribution in [0.5, 0.6) is 5.75 Å². The maximum absolute atomic E-state index is 12.0. The molecule has 0 saturated carbocycles. The second-order valence-corrected chi connectivity index (χ2v) is 7.84. The van der Waals surface area contributed by atoms with E-state index in [4.69, 9.17) is 4.74 Å². The molecule has 116 valence electrons. The summed E-state index contributed by atoms with van der Waals surface area (Å²) in [5.41, 5.74) is 0.770. The number of hydrogen-bond donors (Lipinski definition) is 1. The van der Waals surface area contributed by atoms with E-state index in [1.807, 2.05) is 52.8 Å². The van der Waals surface area contributed by atoms with Crippen LogP contribution in [0.15, 0.2) is 24.3 Å². The number of hydrogen-bond acceptors (Lipinski definition) is 4. The molecule has 1 fully saturated rings. The number of carbonyl (C=O) groups excluding carboxylic acids is 1. The fourth-order valence-corrected chi connectivity index (χ4v) is 5.31. The smallest absolute Gasteiger partial charge is 0.224 e. The summed E-state index contributed by atoms with van der Waals surface area (Å²) in [7, 11) is 3.99. The lowest BCUT2D eigenvalue weighted by Crippen LogP contribution is -2.12. The summed E-state index contributed by atoms with van der Waals surface area (Å²) < 4.78 is 5.51. The molecule has 1 atom stereocenters. The Morgan fingerprint density at radius 2 is 2.24 bits per heavy atom. The molecule has 1 unspecified atom stereocenters. The van der Waals surface area contributed by atoms with E-state index in [9.17, 15) is 4.79 Å². The van der Waals surface area contributed by atoms with Crippen LogP contribution in [0.2, 0.25) is 0 Å². The third-order valence-corrected chi connectivity index (χ3v) is 6.37. The summed E-state index contributed by atoms with van der Waals surface area (Å²) in [4.78, 5) is 12.0. The molecule has 1 aromatic carbocycles. The Morgan fingerprint density at radius 3 is 3.00 bits per heavy atom. The third-order valence-electron chi connectivity index (χ3n) is 3.37. The van der Waals surface area contributed by atoms with Gasteiger partial charge in [0.05, 0.1) is 12.3 Å². The number of unbranched alkanes of at least 4 members (excludes halogenated alkanes) is 1. The van der Waals surface area contributed by atoms with Crippen molar-refractivity contribution in [3.05, 3.63) is 24.3 Å². The van der Waals surface area contributed by atoms with Gasteiger partial charge in [-0.1, -0.05) is 40.1 Å². The van der Waals surface area contributed by atoms with E-state index in [0.29, 0.717) is 13.0 Å². The van der Waals surface area contributed by atoms with Crippen molar-refractivity contribution in [2.24, 2.45) is 0 Å². The number of anilines is 1. The fourth-order valence-electron chi connectivity index (χ4n) is 2.29. The van der Waals surface area contributed by atoms with Crippen molar-refractivity contribution in [1.29, 1.82) is 0 Å². The molecule has 0 bridgehead atoms. The fraction of sp³-hybridized carbons (Fsp3) is 0.562. The first-order chi connectivity index (χ1) is 10.3. The van der Waals surface area contributed by atoms with Crippen LogP contribution in [-0.2, 0) is 4.79 Å². The number of carbonyl (C=O) groups is 1. The van der Waals surface area contributed by atoms with Crippen molar-refractivity contribution < 1.29 is 9.53 Å². The van der Waals surface area contributed by atoms with Crippen LogP contribution in [0.4, 0.5) is 5.69 Å². The predicted octanol–water partition coefficient (Wildman–Crippen LogP) is 4.74. The Balaban J connectivity index is 1.69. The van der Waals surface area contributed by atoms with E-state index in [2.05, 4.69) is 5.32 Å². The third kappa shape index (κ3) is 5.83. The highest BCUT2D eigenvalue weighted by Crippen LogP contribution is 2.39. The maximum Gasteiger partial charge on any atom is 0.224 e. The summed E-state index contributed by atoms with van der Waals surface area (Å²) in [6, 6.07) is 7.59. The quantitative estimate of drug-likeness (QED) is 0.553. The number of ether oxygens (including phenoxy) is 1. The van der Waals surface area contributed by atoms with Crippen molar-refractivity contribution in [2.75, 3.05) is 17.7 Å². The molecular weight excluding hydrogens is 302 g/mol. The maximum atomic E-state index is 12.0. The number of rotatable bonds is 8. The molecule has 0 radical (unpaired) electrons. The molecule has 1 aliphatic rings. The molecule has 0 spiro atoms. The molecule has 1 aromatic rings. The molecule has 5 heteroatoms. The van der Waals surface area contributed by atoms with Crippen molar-refractivity contribution in [3.63, 3.8) is 0 Å². The van der Waals surface area contributed by atoms with Crippen LogP contribution < -0.4 is 10.1 Å². The Bertz CT molecular complexity index is 448. The average Bonchev–Trinajstić information content (AvgIpc) is 2.99. The molecule has 1 heterocycles. The SMILES string of the molecule is CCOc1ccccc1NC(=O)CCCCC1CCSS1. The van der Waals surface area contributed by atoms with Gasteiger partial charge in [-0.3, -0.25) is 4.79 Å². The van der Waals surface area contributed by atoms with Crippen LogP contribution >= 0.6 is 21.6 Å². The zero-order valence-corrected chi connectivity index (χ0v) is 14.1. The Labute approximate surface area is 135 Å². The molecule has 3 nitrogen and oxygen atoms in total. The van der Waals surface area contributed by atoms with Gasteiger partial charge in [0, 0.05) is 17.4 Å². The van der Waals surface area contributed by atoms with E-state index in [-0.39, 0.29) is 5.91 Å². The lowest BCUT2D eigenvalue weighted by atomic mass is 10.1. The average molecular weight is 325 g/mol. The summed E-state index contributed by atoms with van der Waals surface area (Å²) in [5.74, 6) is 2.10. The van der Waals surface area contributed by atoms with Gasteiger partial charge < -0.3 is 10.1 Å². The molecular formula is C16H23NO2S2. The Kier molecular flexibility index (Phi) is 7.30. The Hall–Kier alpha value is -0.810. The lowest BCUT2D eigenvalue weighted by molar-refractivity contribution is -0.116. The van der Waals surface area contributed by atoms with Gasteiger partial charge in [-0.25, -0.2) is 0 Å². The van der Waals surface area contributed by atoms with Crippen molar-refractivity contribution >= 4 is 33.2 Å². The van der Waals surface area contributed by atoms with Crippen LogP contribution in [-0.4, -0.2) is 23.5 Å². The van der Waals surface area contributed by atoms with E-state index < -0.39 is 0 Å². The second-order valence-electron chi connectivity index (χ2n) is 5.05. The Morgan fingerprint density at radius 1 is 1.38 bits per heavy atom. The highest BCUT2D eigenvalue weighted by molar-refractivity contribution is 8.77. The largest absolute Gasteiger partial charge is 0.492 e. The zero-order chi connectivity index (χ0) is 14.9. The number of nitrogens with one attached hydrogen (secondary N) is 1. The number of para-hydroxylation sites is 2. The number of benzene rings is 1. The standard InChI is InChI=1S/C16H23NO2S2/c1-2-19-15-9-5-4-8-14(15)17-16(18)10-6-3-7-13-11-12-20-21-13/h4-5,8-9,13H,2-3,6-7,10-12H2,1H3,(H,17,18). The van der Waals surface area contributed by atoms with Gasteiger partial charge in [-0.15, -0.1) is 0 Å². The van der Waals surface area contributed by atoms with Gasteiger partial charge in [-0.2, -0.15) is 0 Å². The molecule has 1 amide bonds. The summed E-state index contributed by atoms with van der Waals surface area (Å²) in [6.07, 6.45) is 5.25. The van der Waals surface area contributed by atoms with Crippen LogP contribution in [0.3, 0.4) is 0 Å². The second kappa shape index (κ2) is 9.26. The molecule has 21 heavy (non-hydrogen) atoms. The normalized spacial score (nSPS) is 17.7. The molecule has 1 saturated heterocycles. The summed E-state index contributed by atoms with van der Waals surface area (Å²) >= 11 is 0. The molecule has 0 aromatic heterocycles. The van der Waals surface area contributed by atoms with Gasteiger partial charge in [0.25, 0.3) is 0 Å². The van der Waals surface area contributed by atoms with E-state index in [1.165, 1.54) is 18.6 Å². The summed E-state index contributed by atoms with van der Waals surface area (Å²) in [5, 5.41) is 3.75. The molecule has 0 aliphatic carbocycles. The zero-order valence-electron chi connectivity index (χ0n) is 12.5. The highest BCUT2D eigenvalue weighted by Gasteiger charge is 2.16. The molecule has 2 rings (SSSR count). The van der Waals surface area contributed by atoms with E-state index >= 15 is 0 Å². The number of amides is 1.